The number of hydrogen-bond acceptors (Lipinski definition) is 6. The van der Waals surface area contributed by atoms with E-state index < -0.39 is 0 Å². The van der Waals surface area contributed by atoms with Gasteiger partial charge in [0.2, 0.25) is 0 Å². The first-order chi connectivity index (χ1) is 7.45. The van der Waals surface area contributed by atoms with Gasteiger partial charge < -0.3 is 9.80 Å². The van der Waals surface area contributed by atoms with Crippen molar-refractivity contribution >= 4 is 57.0 Å². The largest absolute Gasteiger partial charge is 0.363 e. The lowest BCUT2D eigenvalue weighted by molar-refractivity contribution is 0.647. The molecule has 0 saturated heterocycles. The van der Waals surface area contributed by atoms with Crippen LogP contribution in [0.25, 0.3) is 0 Å². The summed E-state index contributed by atoms with van der Waals surface area (Å²) in [6.45, 7) is 1.67. The van der Waals surface area contributed by atoms with Crippen LogP contribution in [-0.2, 0) is 0 Å². The third kappa shape index (κ3) is 8.54. The summed E-state index contributed by atoms with van der Waals surface area (Å²) in [5, 5.41) is 0. The summed E-state index contributed by atoms with van der Waals surface area (Å²) >= 11 is 13.1. The van der Waals surface area contributed by atoms with Crippen molar-refractivity contribution in [3.05, 3.63) is 0 Å². The van der Waals surface area contributed by atoms with Gasteiger partial charge in [0.15, 0.2) is 8.64 Å². The molecule has 0 aromatic heterocycles. The lowest BCUT2D eigenvalue weighted by Gasteiger charge is -2.14. The van der Waals surface area contributed by atoms with Crippen molar-refractivity contribution in [1.82, 2.24) is 19.2 Å². The Balaban J connectivity index is 3.35. The second-order valence-corrected chi connectivity index (χ2v) is 6.36. The maximum atomic E-state index is 5.11. The summed E-state index contributed by atoms with van der Waals surface area (Å²) in [6.07, 6.45) is 0. The fourth-order valence-electron chi connectivity index (χ4n) is 0.510. The molecule has 8 heteroatoms. The minimum atomic E-state index is 0.830. The molecule has 0 atom stereocenters. The first kappa shape index (κ1) is 16.4. The van der Waals surface area contributed by atoms with Crippen LogP contribution in [0, 0.1) is 0 Å². The molecule has 0 saturated carbocycles. The monoisotopic (exact) mass is 298 g/mol. The summed E-state index contributed by atoms with van der Waals surface area (Å²) in [5.41, 5.74) is 0. The SMILES string of the molecule is CN(C)C(=S)SNCCNSC(=S)N(C)C. The molecular formula is C8H18N4S4. The van der Waals surface area contributed by atoms with E-state index in [2.05, 4.69) is 9.44 Å². The van der Waals surface area contributed by atoms with Crippen LogP contribution in [0.4, 0.5) is 0 Å². The number of rotatable bonds is 5. The van der Waals surface area contributed by atoms with Crippen molar-refractivity contribution in [2.45, 2.75) is 0 Å². The zero-order valence-corrected chi connectivity index (χ0v) is 13.2. The van der Waals surface area contributed by atoms with Gasteiger partial charge in [-0.2, -0.15) is 0 Å². The van der Waals surface area contributed by atoms with Gasteiger partial charge in [-0.1, -0.05) is 24.4 Å². The average Bonchev–Trinajstić information content (AvgIpc) is 2.21. The molecule has 0 aliphatic carbocycles. The normalized spacial score (nSPS) is 10.0. The molecule has 0 fully saturated rings. The van der Waals surface area contributed by atoms with Gasteiger partial charge in [0, 0.05) is 41.3 Å². The number of hydrogen-bond donors (Lipinski definition) is 2. The van der Waals surface area contributed by atoms with E-state index in [1.165, 1.54) is 23.9 Å². The zero-order valence-electron chi connectivity index (χ0n) is 9.94. The molecule has 16 heavy (non-hydrogen) atoms. The van der Waals surface area contributed by atoms with Gasteiger partial charge in [0.05, 0.1) is 0 Å². The van der Waals surface area contributed by atoms with E-state index in [1.54, 1.807) is 0 Å². The highest BCUT2D eigenvalue weighted by Gasteiger charge is 2.00. The highest BCUT2D eigenvalue weighted by molar-refractivity contribution is 8.22. The first-order valence-corrected chi connectivity index (χ1v) is 7.12. The fraction of sp³-hybridized carbons (Fsp3) is 0.750. The fourth-order valence-corrected chi connectivity index (χ4v) is 1.88. The number of nitrogens with zero attached hydrogens (tertiary/aromatic N) is 2. The first-order valence-electron chi connectivity index (χ1n) is 4.67. The van der Waals surface area contributed by atoms with Crippen molar-refractivity contribution in [1.29, 1.82) is 0 Å². The molecule has 0 rings (SSSR count). The van der Waals surface area contributed by atoms with Crippen LogP contribution in [0.3, 0.4) is 0 Å². The second kappa shape index (κ2) is 9.43. The van der Waals surface area contributed by atoms with E-state index in [-0.39, 0.29) is 0 Å². The van der Waals surface area contributed by atoms with E-state index in [1.807, 2.05) is 38.0 Å². The molecule has 94 valence electrons. The Labute approximate surface area is 117 Å². The predicted octanol–water partition coefficient (Wildman–Crippen LogP) is 1.16. The van der Waals surface area contributed by atoms with Crippen molar-refractivity contribution < 1.29 is 0 Å². The van der Waals surface area contributed by atoms with Crippen LogP contribution >= 0.6 is 48.3 Å². The number of thiocarbonyl (C=S) groups is 2. The molecule has 0 unspecified atom stereocenters. The van der Waals surface area contributed by atoms with E-state index in [0.717, 1.165) is 21.7 Å². The third-order valence-corrected chi connectivity index (χ3v) is 4.39. The van der Waals surface area contributed by atoms with Crippen LogP contribution in [0.15, 0.2) is 0 Å². The van der Waals surface area contributed by atoms with E-state index in [4.69, 9.17) is 24.4 Å². The minimum absolute atomic E-state index is 0.830. The van der Waals surface area contributed by atoms with Crippen LogP contribution in [0.5, 0.6) is 0 Å². The predicted molar refractivity (Wildman–Crippen MR) is 83.8 cm³/mol. The van der Waals surface area contributed by atoms with Crippen LogP contribution in [0.2, 0.25) is 0 Å². The van der Waals surface area contributed by atoms with Gasteiger partial charge in [0.1, 0.15) is 0 Å². The van der Waals surface area contributed by atoms with Gasteiger partial charge in [0.25, 0.3) is 0 Å². The molecule has 0 aromatic rings. The van der Waals surface area contributed by atoms with Gasteiger partial charge in [-0.15, -0.1) is 0 Å². The second-order valence-electron chi connectivity index (χ2n) is 3.31. The highest BCUT2D eigenvalue weighted by Crippen LogP contribution is 2.02. The van der Waals surface area contributed by atoms with Gasteiger partial charge in [-0.3, -0.25) is 9.44 Å². The van der Waals surface area contributed by atoms with E-state index in [9.17, 15) is 0 Å². The van der Waals surface area contributed by atoms with Gasteiger partial charge >= 0.3 is 0 Å². The van der Waals surface area contributed by atoms with Crippen molar-refractivity contribution in [2.75, 3.05) is 41.3 Å². The van der Waals surface area contributed by atoms with Crippen LogP contribution in [0.1, 0.15) is 0 Å². The lowest BCUT2D eigenvalue weighted by atomic mass is 10.7. The Bertz CT molecular complexity index is 208. The van der Waals surface area contributed by atoms with E-state index in [0.29, 0.717) is 0 Å². The Kier molecular flexibility index (Phi) is 9.67. The topological polar surface area (TPSA) is 30.5 Å². The van der Waals surface area contributed by atoms with Crippen molar-refractivity contribution in [3.8, 4) is 0 Å². The molecule has 0 radical (unpaired) electrons. The molecule has 0 aromatic carbocycles. The van der Waals surface area contributed by atoms with Crippen molar-refractivity contribution in [2.24, 2.45) is 0 Å². The number of nitrogens with one attached hydrogen (secondary N) is 2. The quantitative estimate of drug-likeness (QED) is 0.444. The molecule has 4 nitrogen and oxygen atoms in total. The van der Waals surface area contributed by atoms with Gasteiger partial charge in [-0.05, 0) is 23.9 Å². The summed E-state index contributed by atoms with van der Waals surface area (Å²) < 4.78 is 8.00. The Morgan fingerprint density at radius 3 is 1.44 bits per heavy atom. The highest BCUT2D eigenvalue weighted by atomic mass is 32.2. The maximum absolute atomic E-state index is 5.11. The smallest absolute Gasteiger partial charge is 0.150 e. The summed E-state index contributed by atoms with van der Waals surface area (Å²) in [6, 6.07) is 0. The molecule has 0 aliphatic rings. The Morgan fingerprint density at radius 1 is 0.875 bits per heavy atom. The Hall–Kier alpha value is 0.400. The molecule has 2 N–H and O–H groups in total. The zero-order chi connectivity index (χ0) is 12.6. The summed E-state index contributed by atoms with van der Waals surface area (Å²) in [5.74, 6) is 0. The summed E-state index contributed by atoms with van der Waals surface area (Å²) in [4.78, 5) is 3.80. The maximum Gasteiger partial charge on any atom is 0.150 e. The standard InChI is InChI=1S/C8H18N4S4/c1-11(2)7(13)15-9-5-6-10-16-8(14)12(3)4/h9-10H,5-6H2,1-4H3. The molecule has 0 spiro atoms. The van der Waals surface area contributed by atoms with Crippen LogP contribution < -0.4 is 9.44 Å². The summed E-state index contributed by atoms with van der Waals surface area (Å²) in [7, 11) is 7.72. The van der Waals surface area contributed by atoms with Crippen molar-refractivity contribution in [3.63, 3.8) is 0 Å². The molecule has 0 bridgehead atoms. The molecular weight excluding hydrogens is 280 g/mol. The van der Waals surface area contributed by atoms with E-state index >= 15 is 0 Å². The van der Waals surface area contributed by atoms with Gasteiger partial charge in [-0.25, -0.2) is 0 Å². The molecule has 0 aliphatic heterocycles. The van der Waals surface area contributed by atoms with Crippen LogP contribution in [-0.4, -0.2) is 59.7 Å². The third-order valence-electron chi connectivity index (χ3n) is 1.38. The Morgan fingerprint density at radius 2 is 1.19 bits per heavy atom. The lowest BCUT2D eigenvalue weighted by Crippen LogP contribution is -2.26. The molecule has 0 amide bonds. The minimum Gasteiger partial charge on any atom is -0.363 e. The average molecular weight is 299 g/mol. The molecule has 0 heterocycles.